The molecule has 0 radical (unpaired) electrons. The number of amides is 1. The van der Waals surface area contributed by atoms with Crippen molar-refractivity contribution in [3.8, 4) is 0 Å². The van der Waals surface area contributed by atoms with Gasteiger partial charge in [-0.05, 0) is 74.6 Å². The summed E-state index contributed by atoms with van der Waals surface area (Å²) in [5, 5.41) is 15.9. The molecule has 1 N–H and O–H groups in total. The second-order valence-corrected chi connectivity index (χ2v) is 9.59. The quantitative estimate of drug-likeness (QED) is 0.533. The molecule has 0 unspecified atom stereocenters. The topological polar surface area (TPSA) is 84.1 Å². The molecule has 1 aliphatic rings. The molecule has 2 heterocycles. The molecule has 1 amide bonds. The third-order valence-corrected chi connectivity index (χ3v) is 6.29. The number of rotatable bonds is 4. The molecule has 1 fully saturated rings. The molecule has 1 saturated carbocycles. The molecule has 0 bridgehead atoms. The third kappa shape index (κ3) is 4.39. The molecule has 0 aromatic carbocycles. The van der Waals surface area contributed by atoms with Crippen LogP contribution < -0.4 is 0 Å². The number of fused-ring (bicyclic) bond motifs is 1. The number of hydrogen-bond donors (Lipinski definition) is 1. The van der Waals surface area contributed by atoms with Crippen LogP contribution in [0.3, 0.4) is 0 Å². The molecule has 1 aliphatic carbocycles. The minimum Gasteiger partial charge on any atom is -0.465 e. The SMILES string of the molecule is CSc1ncc2c(Br)nn(CC3CCC(N(C(=O)O)C(C)(C)C)CC3)c2n1. The number of halogens is 1. The fourth-order valence-corrected chi connectivity index (χ4v) is 4.76. The molecule has 27 heavy (non-hydrogen) atoms. The van der Waals surface area contributed by atoms with E-state index in [1.807, 2.05) is 37.9 Å². The van der Waals surface area contributed by atoms with Gasteiger partial charge in [-0.3, -0.25) is 0 Å². The second-order valence-electron chi connectivity index (χ2n) is 8.06. The lowest BCUT2D eigenvalue weighted by Crippen LogP contribution is -2.52. The zero-order valence-electron chi connectivity index (χ0n) is 16.1. The summed E-state index contributed by atoms with van der Waals surface area (Å²) in [5.41, 5.74) is 0.475. The molecule has 9 heteroatoms. The summed E-state index contributed by atoms with van der Waals surface area (Å²) in [6, 6.07) is 0.0882. The minimum absolute atomic E-state index is 0.0882. The van der Waals surface area contributed by atoms with Crippen LogP contribution in [0, 0.1) is 5.92 Å². The van der Waals surface area contributed by atoms with Crippen molar-refractivity contribution in [2.24, 2.45) is 5.92 Å². The van der Waals surface area contributed by atoms with Gasteiger partial charge in [-0.15, -0.1) is 0 Å². The number of thioether (sulfide) groups is 1. The van der Waals surface area contributed by atoms with Gasteiger partial charge in [0.15, 0.2) is 10.8 Å². The minimum atomic E-state index is -0.825. The highest BCUT2D eigenvalue weighted by Gasteiger charge is 2.35. The highest BCUT2D eigenvalue weighted by atomic mass is 79.9. The van der Waals surface area contributed by atoms with E-state index >= 15 is 0 Å². The van der Waals surface area contributed by atoms with Crippen molar-refractivity contribution in [2.75, 3.05) is 6.26 Å². The number of carbonyl (C=O) groups is 1. The normalized spacial score (nSPS) is 20.8. The van der Waals surface area contributed by atoms with Crippen molar-refractivity contribution in [2.45, 2.75) is 69.7 Å². The van der Waals surface area contributed by atoms with Crippen LogP contribution in [-0.4, -0.2) is 53.7 Å². The molecule has 7 nitrogen and oxygen atoms in total. The summed E-state index contributed by atoms with van der Waals surface area (Å²) in [4.78, 5) is 22.3. The van der Waals surface area contributed by atoms with Crippen molar-refractivity contribution in [3.05, 3.63) is 10.8 Å². The zero-order valence-corrected chi connectivity index (χ0v) is 18.5. The van der Waals surface area contributed by atoms with Crippen molar-refractivity contribution in [1.82, 2.24) is 24.6 Å². The average Bonchev–Trinajstić information content (AvgIpc) is 2.90. The van der Waals surface area contributed by atoms with E-state index in [0.717, 1.165) is 53.0 Å². The van der Waals surface area contributed by atoms with Gasteiger partial charge in [0, 0.05) is 24.3 Å². The van der Waals surface area contributed by atoms with Crippen LogP contribution in [0.5, 0.6) is 0 Å². The van der Waals surface area contributed by atoms with E-state index in [2.05, 4.69) is 31.0 Å². The molecule has 0 aliphatic heterocycles. The smallest absolute Gasteiger partial charge is 0.407 e. The van der Waals surface area contributed by atoms with Gasteiger partial charge in [-0.2, -0.15) is 5.10 Å². The van der Waals surface area contributed by atoms with Gasteiger partial charge in [0.25, 0.3) is 0 Å². The van der Waals surface area contributed by atoms with Crippen LogP contribution in [0.2, 0.25) is 0 Å². The Balaban J connectivity index is 1.71. The van der Waals surface area contributed by atoms with Gasteiger partial charge in [0.1, 0.15) is 4.60 Å². The van der Waals surface area contributed by atoms with Crippen LogP contribution in [0.1, 0.15) is 46.5 Å². The lowest BCUT2D eigenvalue weighted by atomic mass is 9.84. The highest BCUT2D eigenvalue weighted by molar-refractivity contribution is 9.10. The maximum absolute atomic E-state index is 11.7. The first-order valence-electron chi connectivity index (χ1n) is 9.16. The Morgan fingerprint density at radius 3 is 2.59 bits per heavy atom. The van der Waals surface area contributed by atoms with Crippen LogP contribution in [0.4, 0.5) is 4.79 Å². The Bertz CT molecular complexity index is 827. The lowest BCUT2D eigenvalue weighted by molar-refractivity contribution is 0.0489. The molecule has 0 saturated heterocycles. The lowest BCUT2D eigenvalue weighted by Gasteiger charge is -2.42. The van der Waals surface area contributed by atoms with E-state index < -0.39 is 6.09 Å². The maximum Gasteiger partial charge on any atom is 0.407 e. The second kappa shape index (κ2) is 7.95. The van der Waals surface area contributed by atoms with Crippen LogP contribution in [0.15, 0.2) is 16.0 Å². The summed E-state index contributed by atoms with van der Waals surface area (Å²) in [5.74, 6) is 0.472. The number of aromatic nitrogens is 4. The van der Waals surface area contributed by atoms with Crippen molar-refractivity contribution >= 4 is 44.8 Å². The summed E-state index contributed by atoms with van der Waals surface area (Å²) in [6.07, 6.45) is 6.70. The van der Waals surface area contributed by atoms with E-state index in [4.69, 9.17) is 0 Å². The van der Waals surface area contributed by atoms with E-state index in [-0.39, 0.29) is 11.6 Å². The monoisotopic (exact) mass is 455 g/mol. The maximum atomic E-state index is 11.7. The summed E-state index contributed by atoms with van der Waals surface area (Å²) in [6.45, 7) is 6.68. The molecule has 2 aromatic heterocycles. The van der Waals surface area contributed by atoms with Gasteiger partial charge in [-0.1, -0.05) is 11.8 Å². The van der Waals surface area contributed by atoms with Crippen LogP contribution >= 0.6 is 27.7 Å². The summed E-state index contributed by atoms with van der Waals surface area (Å²) in [7, 11) is 0. The molecule has 148 valence electrons. The van der Waals surface area contributed by atoms with Crippen LogP contribution in [0.25, 0.3) is 11.0 Å². The molecule has 0 spiro atoms. The number of nitrogens with zero attached hydrogens (tertiary/aromatic N) is 5. The molecule has 0 atom stereocenters. The Kier molecular flexibility index (Phi) is 6.00. The fourth-order valence-electron chi connectivity index (χ4n) is 3.95. The number of carboxylic acid groups (broad SMARTS) is 1. The van der Waals surface area contributed by atoms with Gasteiger partial charge >= 0.3 is 6.09 Å². The summed E-state index contributed by atoms with van der Waals surface area (Å²) < 4.78 is 2.73. The molecular weight excluding hydrogens is 430 g/mol. The van der Waals surface area contributed by atoms with E-state index in [1.165, 1.54) is 11.8 Å². The standard InChI is InChI=1S/C18H26BrN5O2S/c1-18(2,3)24(17(25)26)12-7-5-11(6-8-12)10-23-15-13(14(19)22-23)9-20-16(21-15)27-4/h9,11-12H,5-8,10H2,1-4H3,(H,25,26). The molecule has 2 aromatic rings. The predicted octanol–water partition coefficient (Wildman–Crippen LogP) is 4.65. The molecule has 3 rings (SSSR count). The highest BCUT2D eigenvalue weighted by Crippen LogP contribution is 2.33. The predicted molar refractivity (Wildman–Crippen MR) is 110 cm³/mol. The Morgan fingerprint density at radius 1 is 1.37 bits per heavy atom. The van der Waals surface area contributed by atoms with Gasteiger partial charge in [-0.25, -0.2) is 19.4 Å². The number of hydrogen-bond acceptors (Lipinski definition) is 5. The Labute approximate surface area is 172 Å². The zero-order chi connectivity index (χ0) is 19.8. The molecular formula is C18H26BrN5O2S. The first kappa shape index (κ1) is 20.4. The van der Waals surface area contributed by atoms with Gasteiger partial charge in [0.05, 0.1) is 5.39 Å². The van der Waals surface area contributed by atoms with Crippen molar-refractivity contribution in [3.63, 3.8) is 0 Å². The van der Waals surface area contributed by atoms with Gasteiger partial charge in [0.2, 0.25) is 0 Å². The van der Waals surface area contributed by atoms with E-state index in [9.17, 15) is 9.90 Å². The average molecular weight is 456 g/mol. The largest absolute Gasteiger partial charge is 0.465 e. The Morgan fingerprint density at radius 2 is 2.04 bits per heavy atom. The summed E-state index contributed by atoms with van der Waals surface area (Å²) >= 11 is 5.02. The van der Waals surface area contributed by atoms with E-state index in [1.54, 1.807) is 4.90 Å². The first-order chi connectivity index (χ1) is 12.7. The third-order valence-electron chi connectivity index (χ3n) is 5.15. The van der Waals surface area contributed by atoms with Crippen molar-refractivity contribution < 1.29 is 9.90 Å². The van der Waals surface area contributed by atoms with Crippen molar-refractivity contribution in [1.29, 1.82) is 0 Å². The van der Waals surface area contributed by atoms with Crippen LogP contribution in [-0.2, 0) is 6.54 Å². The van der Waals surface area contributed by atoms with Gasteiger partial charge < -0.3 is 10.0 Å². The van der Waals surface area contributed by atoms with E-state index in [0.29, 0.717) is 5.92 Å². The Hall–Kier alpha value is -1.35. The first-order valence-corrected chi connectivity index (χ1v) is 11.2. The fraction of sp³-hybridized carbons (Fsp3) is 0.667.